The average molecular weight is 330 g/mol. The van der Waals surface area contributed by atoms with Gasteiger partial charge < -0.3 is 20.1 Å². The first kappa shape index (κ1) is 17.5. The van der Waals surface area contributed by atoms with Gasteiger partial charge in [-0.15, -0.1) is 0 Å². The van der Waals surface area contributed by atoms with Crippen LogP contribution in [-0.2, 0) is 0 Å². The summed E-state index contributed by atoms with van der Waals surface area (Å²) in [5, 5.41) is 5.92. The molecule has 0 saturated carbocycles. The van der Waals surface area contributed by atoms with Gasteiger partial charge in [-0.25, -0.2) is 9.97 Å². The first-order chi connectivity index (χ1) is 11.3. The van der Waals surface area contributed by atoms with Crippen LogP contribution in [0.3, 0.4) is 0 Å². The largest absolute Gasteiger partial charge is 0.497 e. The summed E-state index contributed by atoms with van der Waals surface area (Å²) in [6.07, 6.45) is 2.96. The number of hydrogen-bond donors (Lipinski definition) is 2. The molecule has 0 bridgehead atoms. The van der Waals surface area contributed by atoms with E-state index in [0.29, 0.717) is 28.7 Å². The molecule has 1 aromatic carbocycles. The first-order valence-electron chi connectivity index (χ1n) is 7.46. The van der Waals surface area contributed by atoms with Crippen molar-refractivity contribution in [2.24, 2.45) is 0 Å². The van der Waals surface area contributed by atoms with E-state index in [-0.39, 0.29) is 11.4 Å². The molecule has 7 heteroatoms. The smallest absolute Gasteiger partial charge is 0.254 e. The van der Waals surface area contributed by atoms with Gasteiger partial charge in [0.05, 0.1) is 25.5 Å². The predicted molar refractivity (Wildman–Crippen MR) is 92.1 cm³/mol. The van der Waals surface area contributed by atoms with Gasteiger partial charge >= 0.3 is 0 Å². The van der Waals surface area contributed by atoms with Gasteiger partial charge in [-0.05, 0) is 32.9 Å². The monoisotopic (exact) mass is 330 g/mol. The van der Waals surface area contributed by atoms with Crippen LogP contribution in [0.1, 0.15) is 31.1 Å². The number of rotatable bonds is 5. The zero-order chi connectivity index (χ0) is 17.7. The van der Waals surface area contributed by atoms with Crippen LogP contribution in [0.5, 0.6) is 11.5 Å². The third-order valence-corrected chi connectivity index (χ3v) is 3.06. The number of anilines is 2. The number of nitrogens with zero attached hydrogens (tertiary/aromatic N) is 2. The van der Waals surface area contributed by atoms with Crippen molar-refractivity contribution in [3.63, 3.8) is 0 Å². The molecule has 24 heavy (non-hydrogen) atoms. The van der Waals surface area contributed by atoms with Crippen molar-refractivity contribution in [3.05, 3.63) is 36.2 Å². The maximum Gasteiger partial charge on any atom is 0.254 e. The predicted octanol–water partition coefficient (Wildman–Crippen LogP) is 2.77. The van der Waals surface area contributed by atoms with Crippen LogP contribution in [0.15, 0.2) is 30.6 Å². The standard InChI is InChI=1S/C17H22N4O3/c1-17(2,3)21-15(22)11-9-18-16(19-10-11)20-13-7-6-12(23-4)8-14(13)24-5/h6-10H,1-5H3,(H,21,22)(H,18,19,20). The number of carbonyl (C=O) groups excluding carboxylic acids is 1. The molecule has 2 N–H and O–H groups in total. The van der Waals surface area contributed by atoms with Crippen LogP contribution < -0.4 is 20.1 Å². The van der Waals surface area contributed by atoms with Crippen molar-refractivity contribution in [1.29, 1.82) is 0 Å². The molecule has 1 heterocycles. The van der Waals surface area contributed by atoms with Crippen molar-refractivity contribution in [2.75, 3.05) is 19.5 Å². The maximum absolute atomic E-state index is 12.1. The summed E-state index contributed by atoms with van der Waals surface area (Å²) in [5.74, 6) is 1.45. The summed E-state index contributed by atoms with van der Waals surface area (Å²) in [7, 11) is 3.16. The summed E-state index contributed by atoms with van der Waals surface area (Å²) in [6.45, 7) is 5.74. The highest BCUT2D eigenvalue weighted by Gasteiger charge is 2.16. The Labute approximate surface area is 141 Å². The van der Waals surface area contributed by atoms with Crippen molar-refractivity contribution < 1.29 is 14.3 Å². The van der Waals surface area contributed by atoms with Gasteiger partial charge in [-0.3, -0.25) is 4.79 Å². The SMILES string of the molecule is COc1ccc(Nc2ncc(C(=O)NC(C)(C)C)cn2)c(OC)c1. The number of nitrogens with one attached hydrogen (secondary N) is 2. The molecule has 1 amide bonds. The minimum Gasteiger partial charge on any atom is -0.497 e. The van der Waals surface area contributed by atoms with E-state index in [4.69, 9.17) is 9.47 Å². The topological polar surface area (TPSA) is 85.4 Å². The highest BCUT2D eigenvalue weighted by molar-refractivity contribution is 5.94. The fourth-order valence-electron chi connectivity index (χ4n) is 1.94. The van der Waals surface area contributed by atoms with E-state index in [1.807, 2.05) is 20.8 Å². The minimum atomic E-state index is -0.315. The number of hydrogen-bond acceptors (Lipinski definition) is 6. The van der Waals surface area contributed by atoms with Crippen LogP contribution in [0.2, 0.25) is 0 Å². The van der Waals surface area contributed by atoms with Gasteiger partial charge in [0.25, 0.3) is 5.91 Å². The maximum atomic E-state index is 12.1. The van der Waals surface area contributed by atoms with Gasteiger partial charge in [0.2, 0.25) is 5.95 Å². The van der Waals surface area contributed by atoms with Crippen LogP contribution in [0, 0.1) is 0 Å². The third-order valence-electron chi connectivity index (χ3n) is 3.06. The van der Waals surface area contributed by atoms with Crippen molar-refractivity contribution in [1.82, 2.24) is 15.3 Å². The Morgan fingerprint density at radius 3 is 2.29 bits per heavy atom. The molecule has 0 aliphatic heterocycles. The quantitative estimate of drug-likeness (QED) is 0.877. The Bertz CT molecular complexity index is 709. The van der Waals surface area contributed by atoms with Crippen molar-refractivity contribution in [3.8, 4) is 11.5 Å². The Kier molecular flexibility index (Phi) is 5.23. The Morgan fingerprint density at radius 2 is 1.75 bits per heavy atom. The normalized spacial score (nSPS) is 10.9. The van der Waals surface area contributed by atoms with Crippen LogP contribution >= 0.6 is 0 Å². The van der Waals surface area contributed by atoms with Gasteiger partial charge in [0.1, 0.15) is 11.5 Å². The number of aromatic nitrogens is 2. The second kappa shape index (κ2) is 7.16. The minimum absolute atomic E-state index is 0.212. The Balaban J connectivity index is 2.13. The lowest BCUT2D eigenvalue weighted by molar-refractivity contribution is 0.0919. The van der Waals surface area contributed by atoms with Crippen LogP contribution in [0.4, 0.5) is 11.6 Å². The highest BCUT2D eigenvalue weighted by Crippen LogP contribution is 2.30. The summed E-state index contributed by atoms with van der Waals surface area (Å²) >= 11 is 0. The molecule has 0 saturated heterocycles. The van der Waals surface area contributed by atoms with Gasteiger partial charge in [-0.1, -0.05) is 0 Å². The molecule has 0 radical (unpaired) electrons. The molecule has 2 rings (SSSR count). The fraction of sp³-hybridized carbons (Fsp3) is 0.353. The summed E-state index contributed by atoms with van der Waals surface area (Å²) in [6, 6.07) is 5.37. The second-order valence-electron chi connectivity index (χ2n) is 6.19. The molecule has 2 aromatic rings. The van der Waals surface area contributed by atoms with Gasteiger partial charge in [-0.2, -0.15) is 0 Å². The summed E-state index contributed by atoms with van der Waals surface area (Å²) < 4.78 is 10.5. The zero-order valence-electron chi connectivity index (χ0n) is 14.5. The Hall–Kier alpha value is -2.83. The molecule has 0 spiro atoms. The summed E-state index contributed by atoms with van der Waals surface area (Å²) in [4.78, 5) is 20.4. The van der Waals surface area contributed by atoms with E-state index in [9.17, 15) is 4.79 Å². The number of benzene rings is 1. The molecular weight excluding hydrogens is 308 g/mol. The molecule has 1 aromatic heterocycles. The van der Waals surface area contributed by atoms with Gasteiger partial charge in [0.15, 0.2) is 0 Å². The Morgan fingerprint density at radius 1 is 1.08 bits per heavy atom. The van der Waals surface area contributed by atoms with E-state index in [2.05, 4.69) is 20.6 Å². The van der Waals surface area contributed by atoms with Crippen molar-refractivity contribution >= 4 is 17.5 Å². The average Bonchev–Trinajstić information content (AvgIpc) is 2.54. The fourth-order valence-corrected chi connectivity index (χ4v) is 1.94. The molecule has 128 valence electrons. The van der Waals surface area contributed by atoms with E-state index in [1.54, 1.807) is 32.4 Å². The molecule has 7 nitrogen and oxygen atoms in total. The molecule has 0 fully saturated rings. The lowest BCUT2D eigenvalue weighted by Gasteiger charge is -2.20. The molecule has 0 atom stereocenters. The molecule has 0 aliphatic rings. The second-order valence-corrected chi connectivity index (χ2v) is 6.19. The van der Waals surface area contributed by atoms with Crippen LogP contribution in [-0.4, -0.2) is 35.6 Å². The number of carbonyl (C=O) groups is 1. The lowest BCUT2D eigenvalue weighted by Crippen LogP contribution is -2.40. The molecular formula is C17H22N4O3. The third kappa shape index (κ3) is 4.58. The van der Waals surface area contributed by atoms with E-state index in [0.717, 1.165) is 0 Å². The first-order valence-corrected chi connectivity index (χ1v) is 7.46. The van der Waals surface area contributed by atoms with E-state index >= 15 is 0 Å². The van der Waals surface area contributed by atoms with E-state index < -0.39 is 0 Å². The lowest BCUT2D eigenvalue weighted by atomic mass is 10.1. The van der Waals surface area contributed by atoms with E-state index in [1.165, 1.54) is 12.4 Å². The summed E-state index contributed by atoms with van der Waals surface area (Å²) in [5.41, 5.74) is 0.784. The number of amides is 1. The highest BCUT2D eigenvalue weighted by atomic mass is 16.5. The van der Waals surface area contributed by atoms with Crippen molar-refractivity contribution in [2.45, 2.75) is 26.3 Å². The molecule has 0 unspecified atom stereocenters. The van der Waals surface area contributed by atoms with Crippen LogP contribution in [0.25, 0.3) is 0 Å². The van der Waals surface area contributed by atoms with Gasteiger partial charge in [0, 0.05) is 24.0 Å². The number of ether oxygens (including phenoxy) is 2. The molecule has 0 aliphatic carbocycles. The number of methoxy groups -OCH3 is 2. The zero-order valence-corrected chi connectivity index (χ0v) is 14.5.